The Balaban J connectivity index is 0. The Morgan fingerprint density at radius 1 is 1.26 bits per heavy atom. The quantitative estimate of drug-likeness (QED) is 0.578. The number of benzene rings is 1. The van der Waals surface area contributed by atoms with Crippen LogP contribution in [0.3, 0.4) is 0 Å². The molecule has 0 amide bonds. The van der Waals surface area contributed by atoms with Gasteiger partial charge in [0.25, 0.3) is 0 Å². The Morgan fingerprint density at radius 2 is 1.79 bits per heavy atom. The second-order valence-electron chi connectivity index (χ2n) is 3.41. The Labute approximate surface area is 121 Å². The highest BCUT2D eigenvalue weighted by Crippen LogP contribution is 2.21. The normalized spacial score (nSPS) is 8.63. The smallest absolute Gasteiger partial charge is 0.134 e. The highest BCUT2D eigenvalue weighted by Gasteiger charge is 2.11. The lowest BCUT2D eigenvalue weighted by Crippen LogP contribution is -2.09. The van der Waals surface area contributed by atoms with Crippen molar-refractivity contribution in [3.8, 4) is 0 Å². The maximum absolute atomic E-state index is 13.6. The lowest BCUT2D eigenvalue weighted by atomic mass is 10.1. The summed E-state index contributed by atoms with van der Waals surface area (Å²) in [7, 11) is 0. The second kappa shape index (κ2) is 12.0. The average molecular weight is 289 g/mol. The molecule has 0 saturated heterocycles. The third kappa shape index (κ3) is 7.16. The summed E-state index contributed by atoms with van der Waals surface area (Å²) in [4.78, 5) is 0. The lowest BCUT2D eigenvalue weighted by Gasteiger charge is -2.12. The molecule has 0 unspecified atom stereocenters. The SMILES string of the molecule is CC.CC.CC(=N)c1c(F)cc(C)cc1NCCCl. The first-order chi connectivity index (χ1) is 9.06. The van der Waals surface area contributed by atoms with Crippen LogP contribution in [0.25, 0.3) is 0 Å². The molecule has 0 heterocycles. The molecule has 0 aliphatic rings. The molecule has 2 nitrogen and oxygen atoms in total. The van der Waals surface area contributed by atoms with E-state index in [1.807, 2.05) is 40.7 Å². The first-order valence-electron chi connectivity index (χ1n) is 6.71. The minimum atomic E-state index is -0.362. The number of halogens is 2. The van der Waals surface area contributed by atoms with E-state index in [4.69, 9.17) is 17.0 Å². The van der Waals surface area contributed by atoms with Gasteiger partial charge in [-0.15, -0.1) is 11.6 Å². The Kier molecular flexibility index (Phi) is 12.7. The van der Waals surface area contributed by atoms with E-state index in [1.54, 1.807) is 6.92 Å². The third-order valence-electron chi connectivity index (χ3n) is 2.02. The van der Waals surface area contributed by atoms with Gasteiger partial charge in [-0.05, 0) is 31.5 Å². The van der Waals surface area contributed by atoms with Crippen molar-refractivity contribution in [1.82, 2.24) is 0 Å². The molecule has 0 radical (unpaired) electrons. The van der Waals surface area contributed by atoms with Crippen molar-refractivity contribution in [2.75, 3.05) is 17.7 Å². The zero-order chi connectivity index (χ0) is 15.4. The summed E-state index contributed by atoms with van der Waals surface area (Å²) in [5.74, 6) is 0.0889. The Morgan fingerprint density at radius 3 is 2.21 bits per heavy atom. The molecule has 0 saturated carbocycles. The van der Waals surface area contributed by atoms with E-state index in [0.717, 1.165) is 5.56 Å². The van der Waals surface area contributed by atoms with Gasteiger partial charge in [0.05, 0.1) is 5.56 Å². The van der Waals surface area contributed by atoms with Crippen molar-refractivity contribution in [3.63, 3.8) is 0 Å². The molecule has 1 aromatic rings. The first kappa shape index (κ1) is 20.2. The molecule has 0 aliphatic heterocycles. The molecule has 0 aromatic heterocycles. The monoisotopic (exact) mass is 288 g/mol. The number of aryl methyl sites for hydroxylation is 1. The van der Waals surface area contributed by atoms with Crippen LogP contribution in [0.4, 0.5) is 10.1 Å². The van der Waals surface area contributed by atoms with Crippen molar-refractivity contribution in [3.05, 3.63) is 29.1 Å². The summed E-state index contributed by atoms with van der Waals surface area (Å²) in [6.07, 6.45) is 0. The molecule has 19 heavy (non-hydrogen) atoms. The van der Waals surface area contributed by atoms with Gasteiger partial charge in [0.2, 0.25) is 0 Å². The van der Waals surface area contributed by atoms with E-state index < -0.39 is 0 Å². The van der Waals surface area contributed by atoms with Crippen molar-refractivity contribution < 1.29 is 4.39 Å². The minimum Gasteiger partial charge on any atom is -0.383 e. The first-order valence-corrected chi connectivity index (χ1v) is 7.25. The van der Waals surface area contributed by atoms with Crippen LogP contribution in [0.2, 0.25) is 0 Å². The number of hydrogen-bond acceptors (Lipinski definition) is 2. The molecule has 0 atom stereocenters. The summed E-state index contributed by atoms with van der Waals surface area (Å²) >= 11 is 5.55. The molecule has 2 N–H and O–H groups in total. The van der Waals surface area contributed by atoms with E-state index in [0.29, 0.717) is 23.7 Å². The van der Waals surface area contributed by atoms with Crippen LogP contribution in [0.5, 0.6) is 0 Å². The zero-order valence-electron chi connectivity index (χ0n) is 12.8. The van der Waals surface area contributed by atoms with Crippen LogP contribution < -0.4 is 5.32 Å². The van der Waals surface area contributed by atoms with Crippen molar-refractivity contribution in [2.45, 2.75) is 41.5 Å². The van der Waals surface area contributed by atoms with Crippen LogP contribution in [0.1, 0.15) is 45.7 Å². The minimum absolute atomic E-state index is 0.213. The van der Waals surface area contributed by atoms with Gasteiger partial charge < -0.3 is 10.7 Å². The highest BCUT2D eigenvalue weighted by molar-refractivity contribution is 6.18. The van der Waals surface area contributed by atoms with Crippen LogP contribution in [0.15, 0.2) is 12.1 Å². The van der Waals surface area contributed by atoms with Gasteiger partial charge in [0, 0.05) is 23.8 Å². The number of anilines is 1. The second-order valence-corrected chi connectivity index (χ2v) is 3.79. The molecular weight excluding hydrogens is 263 g/mol. The van der Waals surface area contributed by atoms with Crippen molar-refractivity contribution in [1.29, 1.82) is 5.41 Å². The van der Waals surface area contributed by atoms with Gasteiger partial charge in [0.1, 0.15) is 5.82 Å². The van der Waals surface area contributed by atoms with Gasteiger partial charge in [-0.2, -0.15) is 0 Å². The molecule has 0 bridgehead atoms. The largest absolute Gasteiger partial charge is 0.383 e. The number of hydrogen-bond donors (Lipinski definition) is 2. The van der Waals surface area contributed by atoms with Gasteiger partial charge in [-0.25, -0.2) is 4.39 Å². The molecule has 1 aromatic carbocycles. The fourth-order valence-electron chi connectivity index (χ4n) is 1.44. The fourth-order valence-corrected chi connectivity index (χ4v) is 1.54. The molecule has 4 heteroatoms. The van der Waals surface area contributed by atoms with Crippen molar-refractivity contribution >= 4 is 23.0 Å². The zero-order valence-corrected chi connectivity index (χ0v) is 13.6. The van der Waals surface area contributed by atoms with Gasteiger partial charge in [-0.1, -0.05) is 27.7 Å². The molecule has 1 rings (SSSR count). The summed E-state index contributed by atoms with van der Waals surface area (Å²) in [5, 5.41) is 10.5. The Hall–Kier alpha value is -1.09. The van der Waals surface area contributed by atoms with E-state index in [2.05, 4.69) is 5.32 Å². The summed E-state index contributed by atoms with van der Waals surface area (Å²) in [6, 6.07) is 3.25. The van der Waals surface area contributed by atoms with E-state index in [-0.39, 0.29) is 11.5 Å². The number of nitrogens with one attached hydrogen (secondary N) is 2. The lowest BCUT2D eigenvalue weighted by molar-refractivity contribution is 0.624. The highest BCUT2D eigenvalue weighted by atomic mass is 35.5. The maximum Gasteiger partial charge on any atom is 0.134 e. The summed E-state index contributed by atoms with van der Waals surface area (Å²) in [5.41, 5.74) is 2.01. The maximum atomic E-state index is 13.6. The molecule has 110 valence electrons. The predicted molar refractivity (Wildman–Crippen MR) is 85.5 cm³/mol. The van der Waals surface area contributed by atoms with Crippen LogP contribution >= 0.6 is 11.6 Å². The number of alkyl halides is 1. The average Bonchev–Trinajstić information content (AvgIpc) is 2.39. The van der Waals surface area contributed by atoms with Gasteiger partial charge >= 0.3 is 0 Å². The molecular formula is C15H26ClFN2. The summed E-state index contributed by atoms with van der Waals surface area (Å²) in [6.45, 7) is 11.9. The Bertz CT molecular complexity index is 379. The van der Waals surface area contributed by atoms with E-state index >= 15 is 0 Å². The fraction of sp³-hybridized carbons (Fsp3) is 0.533. The van der Waals surface area contributed by atoms with Crippen LogP contribution in [0, 0.1) is 18.2 Å². The predicted octanol–water partition coefficient (Wildman–Crippen LogP) is 5.22. The van der Waals surface area contributed by atoms with Crippen molar-refractivity contribution in [2.24, 2.45) is 0 Å². The number of rotatable bonds is 4. The summed E-state index contributed by atoms with van der Waals surface area (Å²) < 4.78 is 13.6. The van der Waals surface area contributed by atoms with Crippen LogP contribution in [-0.4, -0.2) is 18.1 Å². The molecule has 0 aliphatic carbocycles. The van der Waals surface area contributed by atoms with E-state index in [9.17, 15) is 4.39 Å². The van der Waals surface area contributed by atoms with Gasteiger partial charge in [0.15, 0.2) is 0 Å². The van der Waals surface area contributed by atoms with E-state index in [1.165, 1.54) is 6.07 Å². The third-order valence-corrected chi connectivity index (χ3v) is 2.21. The van der Waals surface area contributed by atoms with Gasteiger partial charge in [-0.3, -0.25) is 0 Å². The van der Waals surface area contributed by atoms with Crippen LogP contribution in [-0.2, 0) is 0 Å². The standard InChI is InChI=1S/C11H14ClFN2.2C2H6/c1-7-5-9(13)11(8(2)14)10(6-7)15-4-3-12;2*1-2/h5-6,14-15H,3-4H2,1-2H3;2*1-2H3. The topological polar surface area (TPSA) is 35.9 Å². The molecule has 0 fully saturated rings. The molecule has 0 spiro atoms.